The van der Waals surface area contributed by atoms with Crippen molar-refractivity contribution in [2.45, 2.75) is 83.1 Å². The molecule has 2 amide bonds. The predicted molar refractivity (Wildman–Crippen MR) is 112 cm³/mol. The number of aryl methyl sites for hydroxylation is 2. The number of nitrogens with zero attached hydrogens (tertiary/aromatic N) is 2. The summed E-state index contributed by atoms with van der Waals surface area (Å²) < 4.78 is 17.6. The van der Waals surface area contributed by atoms with E-state index >= 15 is 0 Å². The molecule has 174 valence electrons. The number of carbonyl (C=O) groups is 2. The molecular weight excluding hydrogens is 416 g/mol. The molecule has 1 aromatic rings. The summed E-state index contributed by atoms with van der Waals surface area (Å²) in [6, 6.07) is 5.17. The molecule has 32 heavy (non-hydrogen) atoms. The van der Waals surface area contributed by atoms with Gasteiger partial charge in [-0.1, -0.05) is 32.0 Å². The fourth-order valence-electron chi connectivity index (χ4n) is 5.51. The van der Waals surface area contributed by atoms with Gasteiger partial charge in [0.1, 0.15) is 18.3 Å². The number of rotatable bonds is 4. The number of fused-ring (bicyclic) bond motifs is 2. The molecule has 0 aromatic heterocycles. The summed E-state index contributed by atoms with van der Waals surface area (Å²) in [5, 5.41) is 12.4. The number of amides is 2. The van der Waals surface area contributed by atoms with Gasteiger partial charge in [-0.25, -0.2) is 4.90 Å². The fourth-order valence-corrected chi connectivity index (χ4v) is 5.51. The molecule has 0 radical (unpaired) electrons. The molecule has 4 aliphatic heterocycles. The number of hydrogen-bond acceptors (Lipinski definition) is 8. The number of aliphatic hydroxyl groups is 1. The van der Waals surface area contributed by atoms with Crippen molar-refractivity contribution in [3.63, 3.8) is 0 Å². The molecular formula is C23H30N2O7. The summed E-state index contributed by atoms with van der Waals surface area (Å²) in [4.78, 5) is 34.2. The monoisotopic (exact) mass is 446 g/mol. The first-order valence-electron chi connectivity index (χ1n) is 11.3. The Labute approximate surface area is 187 Å². The van der Waals surface area contributed by atoms with Gasteiger partial charge in [0.15, 0.2) is 18.2 Å². The molecule has 0 saturated carbocycles. The summed E-state index contributed by atoms with van der Waals surface area (Å²) in [7, 11) is 1.65. The largest absolute Gasteiger partial charge is 0.387 e. The summed E-state index contributed by atoms with van der Waals surface area (Å²) in [6.07, 6.45) is -2.81. The minimum absolute atomic E-state index is 0.333. The Hall–Kier alpha value is -1.88. The van der Waals surface area contributed by atoms with Crippen molar-refractivity contribution in [3.8, 4) is 0 Å². The first kappa shape index (κ1) is 21.9. The highest BCUT2D eigenvalue weighted by atomic mass is 16.8. The third-order valence-electron chi connectivity index (χ3n) is 6.94. The van der Waals surface area contributed by atoms with Crippen molar-refractivity contribution in [2.24, 2.45) is 5.92 Å². The van der Waals surface area contributed by atoms with Gasteiger partial charge < -0.3 is 19.3 Å². The topological polar surface area (TPSA) is 97.8 Å². The van der Waals surface area contributed by atoms with Crippen molar-refractivity contribution in [2.75, 3.05) is 11.9 Å². The van der Waals surface area contributed by atoms with Crippen molar-refractivity contribution >= 4 is 17.5 Å². The van der Waals surface area contributed by atoms with Crippen LogP contribution in [-0.2, 0) is 41.5 Å². The molecule has 4 heterocycles. The van der Waals surface area contributed by atoms with Crippen molar-refractivity contribution in [1.82, 2.24) is 5.06 Å². The van der Waals surface area contributed by atoms with Gasteiger partial charge in [0.25, 0.3) is 5.91 Å². The zero-order valence-corrected chi connectivity index (χ0v) is 19.0. The lowest BCUT2D eigenvalue weighted by Gasteiger charge is -2.31. The Bertz CT molecular complexity index is 928. The van der Waals surface area contributed by atoms with Crippen LogP contribution in [0.25, 0.3) is 0 Å². The third kappa shape index (κ3) is 3.07. The van der Waals surface area contributed by atoms with Crippen LogP contribution in [0.5, 0.6) is 0 Å². The summed E-state index contributed by atoms with van der Waals surface area (Å²) in [5.41, 5.74) is 2.53. The highest BCUT2D eigenvalue weighted by molar-refractivity contribution is 6.24. The fraction of sp³-hybridized carbons (Fsp3) is 0.652. The van der Waals surface area contributed by atoms with Crippen LogP contribution >= 0.6 is 0 Å². The summed E-state index contributed by atoms with van der Waals surface area (Å²) >= 11 is 0. The van der Waals surface area contributed by atoms with Gasteiger partial charge in [-0.05, 0) is 37.8 Å². The normalized spacial score (nSPS) is 38.6. The van der Waals surface area contributed by atoms with E-state index in [4.69, 9.17) is 19.0 Å². The first-order chi connectivity index (χ1) is 15.2. The molecule has 0 spiro atoms. The number of anilines is 1. The van der Waals surface area contributed by atoms with Crippen LogP contribution in [0.2, 0.25) is 0 Å². The van der Waals surface area contributed by atoms with Gasteiger partial charge in [0.2, 0.25) is 5.91 Å². The second kappa shape index (κ2) is 7.58. The van der Waals surface area contributed by atoms with E-state index < -0.39 is 48.5 Å². The van der Waals surface area contributed by atoms with E-state index in [1.54, 1.807) is 20.9 Å². The lowest BCUT2D eigenvalue weighted by atomic mass is 9.89. The number of ether oxygens (including phenoxy) is 3. The first-order valence-corrected chi connectivity index (χ1v) is 11.3. The van der Waals surface area contributed by atoms with E-state index in [1.807, 2.05) is 32.0 Å². The maximum absolute atomic E-state index is 13.7. The highest BCUT2D eigenvalue weighted by Crippen LogP contribution is 2.46. The number of aliphatic hydroxyl groups excluding tert-OH is 1. The molecule has 4 aliphatic rings. The zero-order chi connectivity index (χ0) is 22.9. The number of hydrogen-bond donors (Lipinski definition) is 1. The number of para-hydroxylation sites is 1. The van der Waals surface area contributed by atoms with Gasteiger partial charge in [0, 0.05) is 7.05 Å². The number of hydroxylamine groups is 2. The minimum atomic E-state index is -1.03. The molecule has 7 atom stereocenters. The smallest absolute Gasteiger partial charge is 0.265 e. The van der Waals surface area contributed by atoms with Crippen LogP contribution in [0, 0.1) is 5.92 Å². The lowest BCUT2D eigenvalue weighted by Crippen LogP contribution is -2.50. The van der Waals surface area contributed by atoms with E-state index in [0.717, 1.165) is 11.1 Å². The van der Waals surface area contributed by atoms with Crippen molar-refractivity contribution < 1.29 is 33.7 Å². The van der Waals surface area contributed by atoms with Crippen molar-refractivity contribution in [1.29, 1.82) is 0 Å². The number of likely N-dealkylation sites (N-methyl/N-ethyl adjacent to an activating group) is 1. The number of carbonyl (C=O) groups excluding carboxylic acids is 2. The Morgan fingerprint density at radius 2 is 1.69 bits per heavy atom. The molecule has 1 N–H and O–H groups in total. The van der Waals surface area contributed by atoms with E-state index in [0.29, 0.717) is 18.5 Å². The van der Waals surface area contributed by atoms with E-state index in [2.05, 4.69) is 0 Å². The average Bonchev–Trinajstić information content (AvgIpc) is 3.41. The van der Waals surface area contributed by atoms with Gasteiger partial charge in [0.05, 0.1) is 17.6 Å². The van der Waals surface area contributed by atoms with Crippen LogP contribution in [0.1, 0.15) is 38.8 Å². The Balaban J connectivity index is 1.47. The van der Waals surface area contributed by atoms with Gasteiger partial charge in [-0.3, -0.25) is 14.4 Å². The highest BCUT2D eigenvalue weighted by Gasteiger charge is 2.66. The van der Waals surface area contributed by atoms with E-state index in [-0.39, 0.29) is 11.8 Å². The molecule has 4 fully saturated rings. The molecule has 0 bridgehead atoms. The summed E-state index contributed by atoms with van der Waals surface area (Å²) in [5.74, 6) is -2.38. The lowest BCUT2D eigenvalue weighted by molar-refractivity contribution is -0.232. The second-order valence-corrected chi connectivity index (χ2v) is 9.29. The molecule has 0 unspecified atom stereocenters. The standard InChI is InChI=1S/C23H30N2O7/c1-6-11-9-8-10-12(7-2)14(11)25-20(27)13-15(24(5)32-17(13)21(25)28)18-16(26)19-22(29-18)31-23(3,4)30-19/h8-10,13,15-19,22,26H,6-7H2,1-5H3/t13-,15-,16-,17+,18+,19+,22+/m0/s1. The molecule has 5 rings (SSSR count). The third-order valence-corrected chi connectivity index (χ3v) is 6.94. The van der Waals surface area contributed by atoms with Gasteiger partial charge in [-0.15, -0.1) is 0 Å². The van der Waals surface area contributed by atoms with Crippen LogP contribution in [-0.4, -0.2) is 71.6 Å². The van der Waals surface area contributed by atoms with Gasteiger partial charge in [-0.2, -0.15) is 5.06 Å². The Morgan fingerprint density at radius 1 is 1.03 bits per heavy atom. The van der Waals surface area contributed by atoms with Crippen LogP contribution in [0.4, 0.5) is 5.69 Å². The molecule has 9 nitrogen and oxygen atoms in total. The van der Waals surface area contributed by atoms with Crippen LogP contribution in [0.3, 0.4) is 0 Å². The van der Waals surface area contributed by atoms with Gasteiger partial charge >= 0.3 is 0 Å². The second-order valence-electron chi connectivity index (χ2n) is 9.29. The van der Waals surface area contributed by atoms with E-state index in [9.17, 15) is 14.7 Å². The Kier molecular flexibility index (Phi) is 5.20. The predicted octanol–water partition coefficient (Wildman–Crippen LogP) is 1.15. The molecule has 4 saturated heterocycles. The average molecular weight is 447 g/mol. The number of benzene rings is 1. The van der Waals surface area contributed by atoms with Crippen LogP contribution < -0.4 is 4.90 Å². The number of imide groups is 1. The minimum Gasteiger partial charge on any atom is -0.387 e. The Morgan fingerprint density at radius 3 is 2.28 bits per heavy atom. The molecule has 0 aliphatic carbocycles. The van der Waals surface area contributed by atoms with Crippen LogP contribution in [0.15, 0.2) is 18.2 Å². The molecule has 1 aromatic carbocycles. The zero-order valence-electron chi connectivity index (χ0n) is 19.0. The SMILES string of the molecule is CCc1cccc(CC)c1N1C(=O)[C@H]2[C@@H]([C@H]3O[C@@H]4OC(C)(C)O[C@@H]4[C@H]3O)N(C)O[C@H]2C1=O. The van der Waals surface area contributed by atoms with E-state index in [1.165, 1.54) is 9.96 Å². The maximum Gasteiger partial charge on any atom is 0.265 e. The quantitative estimate of drug-likeness (QED) is 0.688. The maximum atomic E-state index is 13.7. The van der Waals surface area contributed by atoms with Crippen molar-refractivity contribution in [3.05, 3.63) is 29.3 Å². The molecule has 9 heteroatoms. The summed E-state index contributed by atoms with van der Waals surface area (Å²) in [6.45, 7) is 7.51.